The highest BCUT2D eigenvalue weighted by molar-refractivity contribution is 4.85. The van der Waals surface area contributed by atoms with Gasteiger partial charge in [-0.3, -0.25) is 11.9 Å². The SMILES string of the molecule is [CH2-]N1CCC(N2CCN(CC3CC3)CC2)CC1. The van der Waals surface area contributed by atoms with Crippen molar-refractivity contribution in [3.8, 4) is 0 Å². The molecule has 2 heterocycles. The summed E-state index contributed by atoms with van der Waals surface area (Å²) in [6.07, 6.45) is 5.63. The van der Waals surface area contributed by atoms with Crippen molar-refractivity contribution in [3.05, 3.63) is 7.05 Å². The lowest BCUT2D eigenvalue weighted by Gasteiger charge is -2.44. The van der Waals surface area contributed by atoms with Crippen LogP contribution in [-0.4, -0.2) is 66.6 Å². The Morgan fingerprint density at radius 1 is 0.824 bits per heavy atom. The minimum Gasteiger partial charge on any atom is -0.459 e. The summed E-state index contributed by atoms with van der Waals surface area (Å²) >= 11 is 0. The Kier molecular flexibility index (Phi) is 3.69. The number of piperidine rings is 1. The van der Waals surface area contributed by atoms with Crippen LogP contribution in [0.1, 0.15) is 25.7 Å². The molecule has 0 spiro atoms. The molecule has 0 radical (unpaired) electrons. The Morgan fingerprint density at radius 3 is 2.06 bits per heavy atom. The molecule has 0 atom stereocenters. The molecule has 0 aromatic carbocycles. The minimum absolute atomic E-state index is 0.844. The van der Waals surface area contributed by atoms with Gasteiger partial charge in [-0.1, -0.05) is 0 Å². The Hall–Kier alpha value is -0.120. The fraction of sp³-hybridized carbons (Fsp3) is 0.929. The third-order valence-corrected chi connectivity index (χ3v) is 4.69. The fourth-order valence-corrected chi connectivity index (χ4v) is 3.26. The standard InChI is InChI=1S/C14H26N3/c1-15-6-4-14(5-7-15)17-10-8-16(9-11-17)12-13-2-3-13/h13-14H,1-12H2/q-1. The molecule has 98 valence electrons. The van der Waals surface area contributed by atoms with Crippen LogP contribution in [-0.2, 0) is 0 Å². The lowest BCUT2D eigenvalue weighted by Crippen LogP contribution is -2.52. The molecule has 3 aliphatic rings. The zero-order valence-corrected chi connectivity index (χ0v) is 11.0. The topological polar surface area (TPSA) is 9.72 Å². The monoisotopic (exact) mass is 236 g/mol. The van der Waals surface area contributed by atoms with Crippen LogP contribution >= 0.6 is 0 Å². The molecule has 0 N–H and O–H groups in total. The predicted molar refractivity (Wildman–Crippen MR) is 70.7 cm³/mol. The predicted octanol–water partition coefficient (Wildman–Crippen LogP) is 1.27. The van der Waals surface area contributed by atoms with E-state index < -0.39 is 0 Å². The third-order valence-electron chi connectivity index (χ3n) is 4.69. The van der Waals surface area contributed by atoms with Crippen molar-refractivity contribution in [1.29, 1.82) is 0 Å². The molecule has 2 saturated heterocycles. The van der Waals surface area contributed by atoms with Gasteiger partial charge in [0.05, 0.1) is 0 Å². The average Bonchev–Trinajstić information content (AvgIpc) is 3.15. The molecule has 0 aromatic rings. The van der Waals surface area contributed by atoms with Crippen molar-refractivity contribution in [2.24, 2.45) is 5.92 Å². The van der Waals surface area contributed by atoms with Crippen molar-refractivity contribution >= 4 is 0 Å². The van der Waals surface area contributed by atoms with E-state index in [0.717, 1.165) is 12.0 Å². The van der Waals surface area contributed by atoms with Crippen LogP contribution in [0.15, 0.2) is 0 Å². The van der Waals surface area contributed by atoms with Crippen molar-refractivity contribution in [2.75, 3.05) is 45.8 Å². The Balaban J connectivity index is 1.41. The molecule has 3 heteroatoms. The van der Waals surface area contributed by atoms with Gasteiger partial charge in [0, 0.05) is 38.8 Å². The first-order chi connectivity index (χ1) is 8.31. The third kappa shape index (κ3) is 3.21. The number of piperazine rings is 1. The van der Waals surface area contributed by atoms with Gasteiger partial charge in [0.15, 0.2) is 0 Å². The van der Waals surface area contributed by atoms with E-state index in [2.05, 4.69) is 21.7 Å². The van der Waals surface area contributed by atoms with Crippen molar-refractivity contribution < 1.29 is 0 Å². The lowest BCUT2D eigenvalue weighted by atomic mass is 10.0. The van der Waals surface area contributed by atoms with Crippen LogP contribution in [0, 0.1) is 13.0 Å². The van der Waals surface area contributed by atoms with Crippen molar-refractivity contribution in [2.45, 2.75) is 31.7 Å². The quantitative estimate of drug-likeness (QED) is 0.683. The summed E-state index contributed by atoms with van der Waals surface area (Å²) in [5.41, 5.74) is 0. The summed E-state index contributed by atoms with van der Waals surface area (Å²) in [5.74, 6) is 1.05. The van der Waals surface area contributed by atoms with Gasteiger partial charge in [0.2, 0.25) is 0 Å². The minimum atomic E-state index is 0.844. The van der Waals surface area contributed by atoms with E-state index in [9.17, 15) is 0 Å². The molecule has 3 fully saturated rings. The Morgan fingerprint density at radius 2 is 1.47 bits per heavy atom. The summed E-state index contributed by atoms with van der Waals surface area (Å²) in [4.78, 5) is 7.64. The zero-order valence-electron chi connectivity index (χ0n) is 11.0. The highest BCUT2D eigenvalue weighted by Crippen LogP contribution is 2.30. The molecule has 3 nitrogen and oxygen atoms in total. The molecule has 0 bridgehead atoms. The first-order valence-electron chi connectivity index (χ1n) is 7.33. The summed E-state index contributed by atoms with van der Waals surface area (Å²) in [6, 6.07) is 0.844. The lowest BCUT2D eigenvalue weighted by molar-refractivity contribution is 0.0658. The maximum atomic E-state index is 4.04. The summed E-state index contributed by atoms with van der Waals surface area (Å²) in [5, 5.41) is 0. The van der Waals surface area contributed by atoms with Gasteiger partial charge in [0.1, 0.15) is 0 Å². The highest BCUT2D eigenvalue weighted by Gasteiger charge is 2.28. The van der Waals surface area contributed by atoms with Gasteiger partial charge in [0.25, 0.3) is 0 Å². The number of nitrogens with zero attached hydrogens (tertiary/aromatic N) is 3. The van der Waals surface area contributed by atoms with Crippen molar-refractivity contribution in [3.63, 3.8) is 0 Å². The van der Waals surface area contributed by atoms with Gasteiger partial charge < -0.3 is 9.80 Å². The molecule has 1 aliphatic carbocycles. The maximum absolute atomic E-state index is 4.04. The maximum Gasteiger partial charge on any atom is 0.0119 e. The van der Waals surface area contributed by atoms with E-state index in [-0.39, 0.29) is 0 Å². The Labute approximate surface area is 106 Å². The molecule has 3 rings (SSSR count). The highest BCUT2D eigenvalue weighted by atomic mass is 15.3. The van der Waals surface area contributed by atoms with E-state index >= 15 is 0 Å². The number of likely N-dealkylation sites (tertiary alicyclic amines) is 1. The van der Waals surface area contributed by atoms with E-state index in [1.165, 1.54) is 71.5 Å². The molecule has 0 aromatic heterocycles. The first-order valence-corrected chi connectivity index (χ1v) is 7.33. The number of hydrogen-bond acceptors (Lipinski definition) is 3. The van der Waals surface area contributed by atoms with Crippen LogP contribution in [0.5, 0.6) is 0 Å². The van der Waals surface area contributed by atoms with Gasteiger partial charge in [-0.2, -0.15) is 0 Å². The van der Waals surface area contributed by atoms with Crippen molar-refractivity contribution in [1.82, 2.24) is 14.7 Å². The zero-order chi connectivity index (χ0) is 11.7. The second-order valence-corrected chi connectivity index (χ2v) is 6.13. The smallest absolute Gasteiger partial charge is 0.0119 e. The molecular formula is C14H26N3-. The molecule has 0 unspecified atom stereocenters. The largest absolute Gasteiger partial charge is 0.459 e. The van der Waals surface area contributed by atoms with E-state index in [1.807, 2.05) is 0 Å². The van der Waals surface area contributed by atoms with E-state index in [1.54, 1.807) is 0 Å². The van der Waals surface area contributed by atoms with Crippen LogP contribution < -0.4 is 0 Å². The number of rotatable bonds is 3. The normalized spacial score (nSPS) is 30.9. The van der Waals surface area contributed by atoms with Gasteiger partial charge in [-0.05, 0) is 44.7 Å². The molecule has 0 amide bonds. The second kappa shape index (κ2) is 5.25. The van der Waals surface area contributed by atoms with Crippen LogP contribution in [0.25, 0.3) is 0 Å². The first kappa shape index (κ1) is 11.9. The van der Waals surface area contributed by atoms with E-state index in [4.69, 9.17) is 0 Å². The van der Waals surface area contributed by atoms with Crippen LogP contribution in [0.3, 0.4) is 0 Å². The molecule has 1 saturated carbocycles. The van der Waals surface area contributed by atoms with Gasteiger partial charge in [-0.25, -0.2) is 0 Å². The molecule has 2 aliphatic heterocycles. The summed E-state index contributed by atoms with van der Waals surface area (Å²) in [6.45, 7) is 8.97. The van der Waals surface area contributed by atoms with Crippen LogP contribution in [0.4, 0.5) is 0 Å². The average molecular weight is 236 g/mol. The molecular weight excluding hydrogens is 210 g/mol. The summed E-state index contributed by atoms with van der Waals surface area (Å²) in [7, 11) is 4.04. The fourth-order valence-electron chi connectivity index (χ4n) is 3.26. The van der Waals surface area contributed by atoms with Gasteiger partial charge in [-0.15, -0.1) is 0 Å². The van der Waals surface area contributed by atoms with Gasteiger partial charge >= 0.3 is 0 Å². The molecule has 17 heavy (non-hydrogen) atoms. The second-order valence-electron chi connectivity index (χ2n) is 6.13. The number of hydrogen-bond donors (Lipinski definition) is 0. The summed E-state index contributed by atoms with van der Waals surface area (Å²) < 4.78 is 0. The van der Waals surface area contributed by atoms with E-state index in [0.29, 0.717) is 0 Å². The Bertz CT molecular complexity index is 236. The van der Waals surface area contributed by atoms with Crippen LogP contribution in [0.2, 0.25) is 0 Å².